The van der Waals surface area contributed by atoms with Gasteiger partial charge in [-0.1, -0.05) is 48.5 Å². The number of rotatable bonds is 31. The number of anilines is 5. The lowest BCUT2D eigenvalue weighted by Gasteiger charge is -2.23. The highest BCUT2D eigenvalue weighted by atomic mass is 32.2. The Labute approximate surface area is 624 Å². The Kier molecular flexibility index (Phi) is 28.0. The van der Waals surface area contributed by atoms with Crippen LogP contribution in [0.1, 0.15) is 104 Å². The van der Waals surface area contributed by atoms with Crippen LogP contribution in [-0.4, -0.2) is 170 Å². The van der Waals surface area contributed by atoms with E-state index in [0.29, 0.717) is 127 Å². The molecule has 29 heteroatoms. The van der Waals surface area contributed by atoms with Crippen LogP contribution in [0.2, 0.25) is 0 Å². The number of carbonyl (C=O) groups excluding carboxylic acids is 5. The van der Waals surface area contributed by atoms with Crippen molar-refractivity contribution in [3.63, 3.8) is 0 Å². The van der Waals surface area contributed by atoms with Gasteiger partial charge in [0.2, 0.25) is 0 Å². The highest BCUT2D eigenvalue weighted by Gasteiger charge is 2.38. The lowest BCUT2D eigenvalue weighted by atomic mass is 10.1. The molecule has 0 fully saturated rings. The van der Waals surface area contributed by atoms with Crippen molar-refractivity contribution in [1.82, 2.24) is 0 Å². The number of hydrogen-bond donors (Lipinski definition) is 2. The first-order valence-electron chi connectivity index (χ1n) is 34.5. The van der Waals surface area contributed by atoms with Gasteiger partial charge in [-0.15, -0.1) is 0 Å². The van der Waals surface area contributed by atoms with Gasteiger partial charge in [0.05, 0.1) is 109 Å². The first-order chi connectivity index (χ1) is 51.2. The number of hydrogen-bond acceptors (Lipinski definition) is 25. The van der Waals surface area contributed by atoms with E-state index in [1.54, 1.807) is 79.6 Å². The van der Waals surface area contributed by atoms with E-state index >= 15 is 0 Å². The zero-order chi connectivity index (χ0) is 77.1. The average molecular weight is 1510 g/mol. The van der Waals surface area contributed by atoms with Gasteiger partial charge in [0, 0.05) is 126 Å². The van der Waals surface area contributed by atoms with E-state index in [2.05, 4.69) is 14.4 Å². The van der Waals surface area contributed by atoms with Gasteiger partial charge in [-0.3, -0.25) is 52.1 Å². The predicted molar refractivity (Wildman–Crippen MR) is 406 cm³/mol. The fraction of sp³-hybridized carbons (Fsp3) is 0.372. The van der Waals surface area contributed by atoms with Gasteiger partial charge < -0.3 is 58.1 Å². The number of carbonyl (C=O) groups is 5. The molecule has 0 radical (unpaired) electrons. The third kappa shape index (κ3) is 21.9. The molecule has 7 aromatic rings. The normalized spacial score (nSPS) is 14.4. The number of fused-ring (bicyclic) bond motifs is 8. The summed E-state index contributed by atoms with van der Waals surface area (Å²) in [4.78, 5) is 81.1. The number of amides is 2. The van der Waals surface area contributed by atoms with Crippen molar-refractivity contribution in [2.45, 2.75) is 103 Å². The molecule has 27 nitrogen and oxygen atoms in total. The Bertz CT molecular complexity index is 4430. The van der Waals surface area contributed by atoms with Crippen molar-refractivity contribution in [2.24, 2.45) is 9.98 Å². The molecule has 0 saturated heterocycles. The number of benzene rings is 7. The maximum absolute atomic E-state index is 14.0. The number of aliphatic hydroxyl groups is 2. The molecule has 0 aromatic heterocycles. The Morgan fingerprint density at radius 1 is 0.458 bits per heavy atom. The summed E-state index contributed by atoms with van der Waals surface area (Å²) in [6.45, 7) is 1.67. The van der Waals surface area contributed by atoms with E-state index in [0.717, 1.165) is 68.6 Å². The molecule has 570 valence electrons. The van der Waals surface area contributed by atoms with Crippen LogP contribution in [-0.2, 0) is 110 Å². The van der Waals surface area contributed by atoms with Crippen LogP contribution < -0.4 is 43.4 Å². The van der Waals surface area contributed by atoms with E-state index in [4.69, 9.17) is 42.0 Å². The first kappa shape index (κ1) is 80.7. The maximum atomic E-state index is 14.0. The summed E-state index contributed by atoms with van der Waals surface area (Å²) >= 11 is 0. The van der Waals surface area contributed by atoms with E-state index in [1.807, 2.05) is 115 Å². The van der Waals surface area contributed by atoms with Gasteiger partial charge in [0.15, 0.2) is 23.0 Å². The van der Waals surface area contributed by atoms with Crippen molar-refractivity contribution in [1.29, 1.82) is 0 Å². The number of aliphatic hydroxyl groups excluding tert-OH is 2. The van der Waals surface area contributed by atoms with Crippen molar-refractivity contribution in [3.8, 4) is 23.0 Å². The Morgan fingerprint density at radius 2 is 0.785 bits per heavy atom. The Hall–Kier alpha value is -10.4. The molecule has 2 N–H and O–H groups in total. The molecule has 7 aromatic carbocycles. The van der Waals surface area contributed by atoms with Crippen LogP contribution in [0.15, 0.2) is 137 Å². The second-order valence-electron chi connectivity index (χ2n) is 25.9. The monoisotopic (exact) mass is 1510 g/mol. The number of esters is 3. The molecular weight excluding hydrogens is 1420 g/mol. The second-order valence-corrected chi connectivity index (χ2v) is 29.2. The molecule has 2 amide bonds. The largest absolute Gasteiger partial charge is 0.493 e. The summed E-state index contributed by atoms with van der Waals surface area (Å²) in [6, 6.07) is 39.0. The Morgan fingerprint density at radius 3 is 1.11 bits per heavy atom. The second kappa shape index (κ2) is 37.2. The van der Waals surface area contributed by atoms with Gasteiger partial charge >= 0.3 is 17.9 Å². The number of aliphatic imine (C=N–C) groups is 2. The molecule has 0 unspecified atom stereocenters. The fourth-order valence-corrected chi connectivity index (χ4v) is 13.2. The molecule has 0 aliphatic carbocycles. The Balaban J connectivity index is 0.000000236. The molecule has 0 saturated carbocycles. The molecule has 4 heterocycles. The quantitative estimate of drug-likeness (QED) is 0.0232. The topological polar surface area (TPSA) is 318 Å². The lowest BCUT2D eigenvalue weighted by molar-refractivity contribution is -0.141. The molecule has 0 spiro atoms. The van der Waals surface area contributed by atoms with Crippen molar-refractivity contribution in [2.75, 3.05) is 113 Å². The SMILES string of the molecule is COC(=O)CCCN(C)c1cc(CO)cc(CO)c1.COC(=O)CCCN(C)c1cc(COS(C)(=O)=O)cc(COS(C)(=O)=O)c1.COC(=O)CCCN(C)c1cc(COc2cc3c(cc2OC)C(=O)N2c4ccccc4C[C@H]2C=N3)cc(COc2cc3c(cc2OC)C(=O)N2c4ccccc4C[C@H]2C=N3)c1. The molecule has 4 aliphatic heterocycles. The summed E-state index contributed by atoms with van der Waals surface area (Å²) in [5, 5.41) is 18.4. The minimum atomic E-state index is -3.62. The third-order valence-corrected chi connectivity index (χ3v) is 19.1. The molecular formula is C78H91N7O20S2. The zero-order valence-corrected chi connectivity index (χ0v) is 63.3. The molecule has 107 heavy (non-hydrogen) atoms. The lowest BCUT2D eigenvalue weighted by Crippen LogP contribution is -2.37. The van der Waals surface area contributed by atoms with Crippen molar-refractivity contribution < 1.29 is 92.5 Å². The number of para-hydroxylation sites is 2. The minimum absolute atomic E-state index is 0.0587. The van der Waals surface area contributed by atoms with Crippen molar-refractivity contribution in [3.05, 3.63) is 183 Å². The van der Waals surface area contributed by atoms with E-state index in [1.165, 1.54) is 21.3 Å². The molecule has 4 aliphatic rings. The van der Waals surface area contributed by atoms with Gasteiger partial charge in [-0.2, -0.15) is 16.8 Å². The highest BCUT2D eigenvalue weighted by Crippen LogP contribution is 2.44. The minimum Gasteiger partial charge on any atom is -0.493 e. The zero-order valence-electron chi connectivity index (χ0n) is 61.6. The van der Waals surface area contributed by atoms with E-state index < -0.39 is 20.2 Å². The van der Waals surface area contributed by atoms with Gasteiger partial charge in [-0.25, -0.2) is 0 Å². The number of nitrogens with zero attached hydrogens (tertiary/aromatic N) is 7. The van der Waals surface area contributed by atoms with Crippen LogP contribution in [0.3, 0.4) is 0 Å². The molecule has 11 rings (SSSR count). The van der Waals surface area contributed by atoms with E-state index in [-0.39, 0.29) is 87.9 Å². The smallest absolute Gasteiger partial charge is 0.305 e. The maximum Gasteiger partial charge on any atom is 0.305 e. The van der Waals surface area contributed by atoms with E-state index in [9.17, 15) is 51.0 Å². The van der Waals surface area contributed by atoms with Crippen LogP contribution in [0.25, 0.3) is 0 Å². The highest BCUT2D eigenvalue weighted by molar-refractivity contribution is 7.86. The van der Waals surface area contributed by atoms with Crippen LogP contribution in [0.5, 0.6) is 23.0 Å². The molecule has 2 atom stereocenters. The number of methoxy groups -OCH3 is 5. The standard InChI is InChI=1S/C48H45N5O8.C16H25NO8S2.C14H21NO4/c1-51(15-9-14-46(54)59-4)33-17-29(27-60-44-23-38-36(21-42(44)57-2)47(55)52-34(25-49-38)19-31-10-5-7-12-40(31)52)16-30(18-33)28-61-45-24-39-37(22-43(45)58-3)48(56)53-35(26-50-39)20-32-11-6-8-13-41(32)53;1-17(7-5-6-16(18)23-2)15-9-13(11-24-26(3,19)20)8-14(10-15)12-25-27(4,21)22;1-15(5-3-4-14(18)19-2)13-7-11(9-16)6-12(8-13)10-17/h5-8,10-13,16-18,21-26,34-35H,9,14-15,19-20,27-28H2,1-4H3;8-10H,5-7,11-12H2,1-4H3;6-8,16-17H,3-5,9-10H2,1-2H3/t34-,35-;;/m0../s1. The van der Waals surface area contributed by atoms with Crippen LogP contribution in [0, 0.1) is 0 Å². The molecule has 0 bridgehead atoms. The summed E-state index contributed by atoms with van der Waals surface area (Å²) in [7, 11) is 5.62. The van der Waals surface area contributed by atoms with Gasteiger partial charge in [-0.05, 0) is 131 Å². The first-order valence-corrected chi connectivity index (χ1v) is 38.1. The van der Waals surface area contributed by atoms with Crippen molar-refractivity contribution >= 4 is 102 Å². The fourth-order valence-electron chi connectivity index (χ4n) is 12.5. The van der Waals surface area contributed by atoms with Crippen LogP contribution >= 0.6 is 0 Å². The van der Waals surface area contributed by atoms with Gasteiger partial charge in [0.25, 0.3) is 32.1 Å². The van der Waals surface area contributed by atoms with Crippen LogP contribution in [0.4, 0.5) is 39.8 Å². The summed E-state index contributed by atoms with van der Waals surface area (Å²) < 4.78 is 93.0. The number of ether oxygens (including phenoxy) is 7. The predicted octanol–water partition coefficient (Wildman–Crippen LogP) is 9.92. The van der Waals surface area contributed by atoms with Gasteiger partial charge in [0.1, 0.15) is 13.2 Å². The average Bonchev–Trinajstić information content (AvgIpc) is 1.63. The third-order valence-electron chi connectivity index (χ3n) is 18.0. The summed E-state index contributed by atoms with van der Waals surface area (Å²) in [6.07, 6.45) is 9.74. The summed E-state index contributed by atoms with van der Waals surface area (Å²) in [5.41, 5.74) is 12.7. The summed E-state index contributed by atoms with van der Waals surface area (Å²) in [5.74, 6) is 0.638.